The van der Waals surface area contributed by atoms with Crippen LogP contribution in [0.3, 0.4) is 0 Å². The molecule has 0 spiro atoms. The second-order valence-corrected chi connectivity index (χ2v) is 16.9. The molecule has 0 radical (unpaired) electrons. The van der Waals surface area contributed by atoms with Gasteiger partial charge in [0.15, 0.2) is 5.82 Å². The van der Waals surface area contributed by atoms with Crippen molar-refractivity contribution in [2.45, 2.75) is 0 Å². The van der Waals surface area contributed by atoms with E-state index < -0.39 is 0 Å². The molecule has 0 saturated heterocycles. The van der Waals surface area contributed by atoms with Crippen LogP contribution in [0.4, 0.5) is 0 Å². The number of rotatable bonds is 3. The Morgan fingerprint density at radius 3 is 1.70 bits per heavy atom. The van der Waals surface area contributed by atoms with Crippen LogP contribution in [-0.2, 0) is 0 Å². The summed E-state index contributed by atoms with van der Waals surface area (Å²) in [6.07, 6.45) is 2.00. The predicted octanol–water partition coefficient (Wildman–Crippen LogP) is 14.4. The Kier molecular flexibility index (Phi) is 6.45. The van der Waals surface area contributed by atoms with E-state index in [-0.39, 0.29) is 0 Å². The zero-order valence-corrected chi connectivity index (χ0v) is 31.9. The van der Waals surface area contributed by atoms with Crippen LogP contribution >= 0.6 is 22.7 Å². The van der Waals surface area contributed by atoms with Gasteiger partial charge in [-0.1, -0.05) is 103 Å². The number of thiophene rings is 2. The fraction of sp³-hybridized carbons (Fsp3) is 0. The van der Waals surface area contributed by atoms with Gasteiger partial charge in [0.1, 0.15) is 5.82 Å². The topological polar surface area (TPSA) is 43.6 Å². The molecule has 6 heterocycles. The summed E-state index contributed by atoms with van der Waals surface area (Å²) in [5.41, 5.74) is 11.7. The quantitative estimate of drug-likeness (QED) is 0.180. The van der Waals surface area contributed by atoms with Gasteiger partial charge in [0.2, 0.25) is 0 Å². The van der Waals surface area contributed by atoms with E-state index in [1.165, 1.54) is 67.8 Å². The Bertz CT molecular complexity index is 3530. The van der Waals surface area contributed by atoms with Crippen molar-refractivity contribution in [3.8, 4) is 62.0 Å². The van der Waals surface area contributed by atoms with Crippen molar-refractivity contribution in [2.75, 3.05) is 0 Å². The molecule has 0 N–H and O–H groups in total. The van der Waals surface area contributed by atoms with Crippen LogP contribution in [-0.4, -0.2) is 19.5 Å². The third-order valence-electron chi connectivity index (χ3n) is 11.6. The molecule has 0 bridgehead atoms. The largest absolute Gasteiger partial charge is 0.293 e. The molecule has 4 nitrogen and oxygen atoms in total. The van der Waals surface area contributed by atoms with Gasteiger partial charge in [0.05, 0.1) is 22.4 Å². The van der Waals surface area contributed by atoms with Crippen LogP contribution in [0.15, 0.2) is 170 Å². The smallest absolute Gasteiger partial charge is 0.160 e. The van der Waals surface area contributed by atoms with Crippen LogP contribution in [0.5, 0.6) is 0 Å². The van der Waals surface area contributed by atoms with Gasteiger partial charge in [-0.05, 0) is 71.8 Å². The van der Waals surface area contributed by atoms with Gasteiger partial charge in [0, 0.05) is 85.1 Å². The van der Waals surface area contributed by atoms with Crippen molar-refractivity contribution in [1.29, 1.82) is 0 Å². The molecule has 1 aliphatic rings. The Hall–Kier alpha value is -6.99. The molecule has 0 atom stereocenters. The van der Waals surface area contributed by atoms with E-state index in [4.69, 9.17) is 15.0 Å². The number of hydrogen-bond donors (Lipinski definition) is 0. The molecular weight excluding hydrogens is 733 g/mol. The molecule has 0 fully saturated rings. The molecule has 12 aromatic rings. The van der Waals surface area contributed by atoms with Crippen molar-refractivity contribution in [1.82, 2.24) is 19.5 Å². The van der Waals surface area contributed by atoms with Gasteiger partial charge < -0.3 is 0 Å². The Balaban J connectivity index is 1.06. The average Bonchev–Trinajstić information content (AvgIpc) is 3.92. The summed E-state index contributed by atoms with van der Waals surface area (Å²) in [6, 6.07) is 59.1. The molecule has 57 heavy (non-hydrogen) atoms. The van der Waals surface area contributed by atoms with Gasteiger partial charge >= 0.3 is 0 Å². The van der Waals surface area contributed by atoms with E-state index in [0.717, 1.165) is 50.5 Å². The lowest BCUT2D eigenvalue weighted by molar-refractivity contribution is 1.09. The van der Waals surface area contributed by atoms with Crippen molar-refractivity contribution >= 4 is 84.8 Å². The summed E-state index contributed by atoms with van der Waals surface area (Å²) in [5, 5.41) is 7.45. The zero-order valence-electron chi connectivity index (χ0n) is 30.3. The van der Waals surface area contributed by atoms with Gasteiger partial charge in [-0.2, -0.15) is 0 Å². The third-order valence-corrected chi connectivity index (χ3v) is 13.9. The first-order valence-electron chi connectivity index (χ1n) is 19.1. The van der Waals surface area contributed by atoms with Gasteiger partial charge in [-0.15, -0.1) is 22.7 Å². The first kappa shape index (κ1) is 31.2. The minimum atomic E-state index is 0.691. The fourth-order valence-electron chi connectivity index (χ4n) is 9.01. The lowest BCUT2D eigenvalue weighted by atomic mass is 9.93. The van der Waals surface area contributed by atoms with E-state index in [1.54, 1.807) is 0 Å². The van der Waals surface area contributed by atoms with Crippen LogP contribution in [0.1, 0.15) is 0 Å². The molecule has 0 aliphatic carbocycles. The molecule has 7 aromatic carbocycles. The molecule has 0 amide bonds. The summed E-state index contributed by atoms with van der Waals surface area (Å²) in [7, 11) is 0. The van der Waals surface area contributed by atoms with Crippen molar-refractivity contribution in [2.24, 2.45) is 0 Å². The zero-order chi connectivity index (χ0) is 37.2. The molecule has 0 unspecified atom stereocenters. The van der Waals surface area contributed by atoms with Crippen LogP contribution in [0.25, 0.3) is 124 Å². The Labute approximate surface area is 334 Å². The highest BCUT2D eigenvalue weighted by Gasteiger charge is 2.26. The second kappa shape index (κ2) is 11.8. The number of pyridine rings is 1. The van der Waals surface area contributed by atoms with Crippen molar-refractivity contribution in [3.05, 3.63) is 170 Å². The maximum Gasteiger partial charge on any atom is 0.160 e. The monoisotopic (exact) mass is 760 g/mol. The highest BCUT2D eigenvalue weighted by Crippen LogP contribution is 2.47. The summed E-state index contributed by atoms with van der Waals surface area (Å²) >= 11 is 3.65. The number of aromatic nitrogens is 4. The van der Waals surface area contributed by atoms with Gasteiger partial charge in [-0.25, -0.2) is 15.0 Å². The number of fused-ring (bicyclic) bond motifs is 14. The molecule has 1 aliphatic heterocycles. The van der Waals surface area contributed by atoms with E-state index >= 15 is 0 Å². The lowest BCUT2D eigenvalue weighted by Crippen LogP contribution is -2.01. The summed E-state index contributed by atoms with van der Waals surface area (Å²) in [4.78, 5) is 16.0. The minimum absolute atomic E-state index is 0.691. The van der Waals surface area contributed by atoms with E-state index in [0.29, 0.717) is 5.82 Å². The third kappa shape index (κ3) is 4.57. The average molecular weight is 761 g/mol. The van der Waals surface area contributed by atoms with Gasteiger partial charge in [-0.3, -0.25) is 4.57 Å². The Morgan fingerprint density at radius 1 is 0.386 bits per heavy atom. The second-order valence-electron chi connectivity index (χ2n) is 14.8. The number of hydrogen-bond acceptors (Lipinski definition) is 5. The SMILES string of the molecule is c1ccc2c(c1)-c1cc(-c3cc(-c4ccc5sc6ccccc6c5c4)nc(-c4ccc5sc6ccccc6c5c4)n3)cnc1-n1c3ccccc3c3cccc-2c31. The summed E-state index contributed by atoms with van der Waals surface area (Å²) in [6.45, 7) is 0. The fourth-order valence-corrected chi connectivity index (χ4v) is 11.2. The molecular formula is C51H28N4S2. The highest BCUT2D eigenvalue weighted by molar-refractivity contribution is 7.26. The predicted molar refractivity (Wildman–Crippen MR) is 241 cm³/mol. The standard InChI is InChI=1S/C51H28N4S2/c1-2-11-33-32(10-1)37-15-9-16-38-34-12-3-6-17-44(34)55(49(37)38)51-41(33)26-31(28-52-51)43-27-42(29-20-22-47-39(24-29)35-13-4-7-18-45(35)56-47)53-50(54-43)30-21-23-48-40(25-30)36-14-5-8-19-46(36)57-48/h1-28H. The van der Waals surface area contributed by atoms with Crippen LogP contribution < -0.4 is 0 Å². The number of nitrogens with zero attached hydrogens (tertiary/aromatic N) is 4. The molecule has 6 heteroatoms. The molecule has 5 aromatic heterocycles. The first-order valence-corrected chi connectivity index (χ1v) is 20.7. The molecule has 264 valence electrons. The van der Waals surface area contributed by atoms with E-state index in [9.17, 15) is 0 Å². The molecule has 0 saturated carbocycles. The van der Waals surface area contributed by atoms with E-state index in [2.05, 4.69) is 168 Å². The normalized spacial score (nSPS) is 12.2. The minimum Gasteiger partial charge on any atom is -0.293 e. The van der Waals surface area contributed by atoms with Crippen LogP contribution in [0, 0.1) is 0 Å². The lowest BCUT2D eigenvalue weighted by Gasteiger charge is -2.14. The summed E-state index contributed by atoms with van der Waals surface area (Å²) in [5.74, 6) is 1.61. The van der Waals surface area contributed by atoms with Crippen molar-refractivity contribution in [3.63, 3.8) is 0 Å². The summed E-state index contributed by atoms with van der Waals surface area (Å²) < 4.78 is 7.45. The first-order chi connectivity index (χ1) is 28.2. The maximum absolute atomic E-state index is 5.37. The van der Waals surface area contributed by atoms with E-state index in [1.807, 2.05) is 28.9 Å². The van der Waals surface area contributed by atoms with Crippen LogP contribution in [0.2, 0.25) is 0 Å². The highest BCUT2D eigenvalue weighted by atomic mass is 32.1. The van der Waals surface area contributed by atoms with Crippen molar-refractivity contribution < 1.29 is 0 Å². The number of para-hydroxylation sites is 2. The maximum atomic E-state index is 5.37. The molecule has 13 rings (SSSR count). The number of benzene rings is 7. The Morgan fingerprint density at radius 2 is 0.947 bits per heavy atom. The van der Waals surface area contributed by atoms with Gasteiger partial charge in [0.25, 0.3) is 0 Å².